The molecule has 0 bridgehead atoms. The summed E-state index contributed by atoms with van der Waals surface area (Å²) in [4.78, 5) is 34.6. The van der Waals surface area contributed by atoms with Gasteiger partial charge in [-0.2, -0.15) is 0 Å². The fourth-order valence-corrected chi connectivity index (χ4v) is 2.14. The minimum atomic E-state index is -0.717. The Morgan fingerprint density at radius 1 is 1.50 bits per heavy atom. The number of nitro groups is 1. The average Bonchev–Trinajstić information content (AvgIpc) is 2.49. The first kappa shape index (κ1) is 15.4. The van der Waals surface area contributed by atoms with E-state index in [9.17, 15) is 19.7 Å². The summed E-state index contributed by atoms with van der Waals surface area (Å²) in [5, 5.41) is 11.1. The van der Waals surface area contributed by atoms with Crippen LogP contribution in [0.2, 0.25) is 0 Å². The highest BCUT2D eigenvalue weighted by Crippen LogP contribution is 2.19. The molecule has 1 aromatic heterocycles. The summed E-state index contributed by atoms with van der Waals surface area (Å²) in [6, 6.07) is 3.88. The molecule has 114 valence electrons. The Kier molecular flexibility index (Phi) is 4.36. The molecule has 0 amide bonds. The lowest BCUT2D eigenvalue weighted by atomic mass is 10.1. The maximum absolute atomic E-state index is 12.4. The van der Waals surface area contributed by atoms with E-state index in [0.717, 1.165) is 0 Å². The number of esters is 1. The lowest BCUT2D eigenvalue weighted by Crippen LogP contribution is -2.20. The zero-order valence-corrected chi connectivity index (χ0v) is 11.9. The molecule has 0 aliphatic rings. The summed E-state index contributed by atoms with van der Waals surface area (Å²) in [6.45, 7) is 5.69. The van der Waals surface area contributed by atoms with Gasteiger partial charge in [-0.25, -0.2) is 4.79 Å². The monoisotopic (exact) mass is 302 g/mol. The number of fused-ring (bicyclic) bond motifs is 1. The van der Waals surface area contributed by atoms with Crippen LogP contribution < -0.4 is 5.43 Å². The smallest absolute Gasteiger partial charge is 0.343 e. The van der Waals surface area contributed by atoms with Crippen molar-refractivity contribution in [3.8, 4) is 0 Å². The molecule has 7 nitrogen and oxygen atoms in total. The maximum atomic E-state index is 12.4. The third-order valence-corrected chi connectivity index (χ3v) is 3.10. The van der Waals surface area contributed by atoms with E-state index in [0.29, 0.717) is 12.1 Å². The Morgan fingerprint density at radius 2 is 2.23 bits per heavy atom. The van der Waals surface area contributed by atoms with E-state index in [1.165, 1.54) is 24.4 Å². The first-order valence-corrected chi connectivity index (χ1v) is 6.59. The second-order valence-corrected chi connectivity index (χ2v) is 4.49. The van der Waals surface area contributed by atoms with Gasteiger partial charge in [0, 0.05) is 30.3 Å². The molecule has 0 N–H and O–H groups in total. The topological polar surface area (TPSA) is 91.4 Å². The lowest BCUT2D eigenvalue weighted by Gasteiger charge is -2.11. The van der Waals surface area contributed by atoms with Crippen molar-refractivity contribution >= 4 is 22.6 Å². The van der Waals surface area contributed by atoms with Gasteiger partial charge in [-0.3, -0.25) is 14.9 Å². The van der Waals surface area contributed by atoms with Gasteiger partial charge in [-0.05, 0) is 13.0 Å². The van der Waals surface area contributed by atoms with Crippen molar-refractivity contribution in [2.24, 2.45) is 0 Å². The molecule has 0 spiro atoms. The van der Waals surface area contributed by atoms with Crippen LogP contribution in [-0.2, 0) is 11.3 Å². The largest absolute Gasteiger partial charge is 0.462 e. The number of hydrogen-bond acceptors (Lipinski definition) is 5. The highest BCUT2D eigenvalue weighted by molar-refractivity contribution is 5.94. The Morgan fingerprint density at radius 3 is 2.82 bits per heavy atom. The van der Waals surface area contributed by atoms with Crippen molar-refractivity contribution in [1.82, 2.24) is 4.57 Å². The fourth-order valence-electron chi connectivity index (χ4n) is 2.14. The van der Waals surface area contributed by atoms with E-state index in [1.54, 1.807) is 17.6 Å². The Labute approximate surface area is 125 Å². The summed E-state index contributed by atoms with van der Waals surface area (Å²) in [6.07, 6.45) is 2.91. The predicted molar refractivity (Wildman–Crippen MR) is 81.0 cm³/mol. The molecule has 2 aromatic rings. The van der Waals surface area contributed by atoms with Gasteiger partial charge in [0.05, 0.1) is 17.0 Å². The number of allylic oxidation sites excluding steroid dienone is 1. The summed E-state index contributed by atoms with van der Waals surface area (Å²) in [5.41, 5.74) is -0.380. The molecule has 0 aliphatic carbocycles. The SMILES string of the molecule is C=CCn1cc(C(=O)OCC)c(=O)c2ccc([N+](=O)[O-])cc21. The number of carbonyl (C=O) groups excluding carboxylic acids is 1. The van der Waals surface area contributed by atoms with Crippen LogP contribution in [0.5, 0.6) is 0 Å². The van der Waals surface area contributed by atoms with Crippen molar-refractivity contribution in [3.63, 3.8) is 0 Å². The summed E-state index contributed by atoms with van der Waals surface area (Å²) < 4.78 is 6.42. The minimum Gasteiger partial charge on any atom is -0.462 e. The normalized spacial score (nSPS) is 10.4. The van der Waals surface area contributed by atoms with Crippen LogP contribution in [-0.4, -0.2) is 22.1 Å². The van der Waals surface area contributed by atoms with Crippen molar-refractivity contribution in [2.45, 2.75) is 13.5 Å². The third-order valence-electron chi connectivity index (χ3n) is 3.10. The molecular weight excluding hydrogens is 288 g/mol. The standard InChI is InChI=1S/C15H14N2O5/c1-3-7-16-9-12(15(19)22-4-2)14(18)11-6-5-10(17(20)21)8-13(11)16/h3,5-6,8-9H,1,4,7H2,2H3. The number of rotatable bonds is 5. The zero-order valence-electron chi connectivity index (χ0n) is 11.9. The first-order chi connectivity index (χ1) is 10.5. The number of nitrogens with zero attached hydrogens (tertiary/aromatic N) is 2. The molecule has 2 rings (SSSR count). The quantitative estimate of drug-likeness (QED) is 0.365. The summed E-state index contributed by atoms with van der Waals surface area (Å²) in [7, 11) is 0. The van der Waals surface area contributed by atoms with Gasteiger partial charge in [0.25, 0.3) is 5.69 Å². The molecule has 0 saturated heterocycles. The Bertz CT molecular complexity index is 823. The number of benzene rings is 1. The van der Waals surface area contributed by atoms with Crippen LogP contribution in [0, 0.1) is 10.1 Å². The average molecular weight is 302 g/mol. The van der Waals surface area contributed by atoms with Gasteiger partial charge >= 0.3 is 5.97 Å². The molecule has 0 saturated carbocycles. The van der Waals surface area contributed by atoms with Gasteiger partial charge in [0.1, 0.15) is 5.56 Å². The number of hydrogen-bond donors (Lipinski definition) is 0. The number of ether oxygens (including phenoxy) is 1. The van der Waals surface area contributed by atoms with Gasteiger partial charge in [0.15, 0.2) is 0 Å². The van der Waals surface area contributed by atoms with E-state index in [4.69, 9.17) is 4.74 Å². The molecule has 0 fully saturated rings. The van der Waals surface area contributed by atoms with Gasteiger partial charge in [-0.1, -0.05) is 6.08 Å². The molecular formula is C15H14N2O5. The van der Waals surface area contributed by atoms with Crippen LogP contribution in [0.1, 0.15) is 17.3 Å². The molecule has 7 heteroatoms. The van der Waals surface area contributed by atoms with Crippen molar-refractivity contribution in [2.75, 3.05) is 6.61 Å². The molecule has 0 aliphatic heterocycles. The van der Waals surface area contributed by atoms with Gasteiger partial charge in [-0.15, -0.1) is 6.58 Å². The minimum absolute atomic E-state index is 0.106. The van der Waals surface area contributed by atoms with Crippen LogP contribution in [0.3, 0.4) is 0 Å². The summed E-state index contributed by atoms with van der Waals surface area (Å²) in [5.74, 6) is -0.717. The van der Waals surface area contributed by atoms with E-state index < -0.39 is 16.3 Å². The van der Waals surface area contributed by atoms with Crippen LogP contribution in [0.25, 0.3) is 10.9 Å². The predicted octanol–water partition coefficient (Wildman–Crippen LogP) is 2.27. The molecule has 0 radical (unpaired) electrons. The molecule has 1 aromatic carbocycles. The highest BCUT2D eigenvalue weighted by atomic mass is 16.6. The number of carbonyl (C=O) groups is 1. The molecule has 1 heterocycles. The van der Waals surface area contributed by atoms with E-state index in [-0.39, 0.29) is 23.2 Å². The van der Waals surface area contributed by atoms with Crippen LogP contribution >= 0.6 is 0 Å². The van der Waals surface area contributed by atoms with Crippen LogP contribution in [0.4, 0.5) is 5.69 Å². The van der Waals surface area contributed by atoms with Crippen molar-refractivity contribution in [1.29, 1.82) is 0 Å². The second kappa shape index (κ2) is 6.21. The van der Waals surface area contributed by atoms with Crippen LogP contribution in [0.15, 0.2) is 41.8 Å². The van der Waals surface area contributed by atoms with Gasteiger partial charge < -0.3 is 9.30 Å². The lowest BCUT2D eigenvalue weighted by molar-refractivity contribution is -0.384. The number of pyridine rings is 1. The number of non-ortho nitro benzene ring substituents is 1. The third kappa shape index (κ3) is 2.73. The second-order valence-electron chi connectivity index (χ2n) is 4.49. The van der Waals surface area contributed by atoms with Crippen molar-refractivity contribution < 1.29 is 14.5 Å². The molecule has 22 heavy (non-hydrogen) atoms. The Balaban J connectivity index is 2.78. The zero-order chi connectivity index (χ0) is 16.3. The Hall–Kier alpha value is -2.96. The molecule has 0 unspecified atom stereocenters. The van der Waals surface area contributed by atoms with Gasteiger partial charge in [0.2, 0.25) is 5.43 Å². The van der Waals surface area contributed by atoms with E-state index >= 15 is 0 Å². The van der Waals surface area contributed by atoms with E-state index in [2.05, 4.69) is 6.58 Å². The first-order valence-electron chi connectivity index (χ1n) is 6.59. The number of aromatic nitrogens is 1. The highest BCUT2D eigenvalue weighted by Gasteiger charge is 2.18. The maximum Gasteiger partial charge on any atom is 0.343 e. The number of nitro benzene ring substituents is 1. The van der Waals surface area contributed by atoms with E-state index in [1.807, 2.05) is 0 Å². The van der Waals surface area contributed by atoms with Crippen molar-refractivity contribution in [3.05, 3.63) is 63.0 Å². The molecule has 0 atom stereocenters. The fraction of sp³-hybridized carbons (Fsp3) is 0.200. The summed E-state index contributed by atoms with van der Waals surface area (Å²) >= 11 is 0.